The predicted octanol–water partition coefficient (Wildman–Crippen LogP) is 1.87. The molecule has 0 bridgehead atoms. The van der Waals surface area contributed by atoms with Crippen molar-refractivity contribution in [2.24, 2.45) is 0 Å². The summed E-state index contributed by atoms with van der Waals surface area (Å²) in [6.45, 7) is 6.37. The van der Waals surface area contributed by atoms with Gasteiger partial charge >= 0.3 is 0 Å². The Bertz CT molecular complexity index is 420. The normalized spacial score (nSPS) is 25.9. The second-order valence-electron chi connectivity index (χ2n) is 4.68. The van der Waals surface area contributed by atoms with Gasteiger partial charge in [-0.05, 0) is 37.6 Å². The monoisotopic (exact) mass is 267 g/mol. The Labute approximate surface area is 111 Å². The zero-order valence-corrected chi connectivity index (χ0v) is 11.8. The highest BCUT2D eigenvalue weighted by atomic mass is 32.2. The molecule has 1 aromatic carbocycles. The van der Waals surface area contributed by atoms with Gasteiger partial charge in [-0.2, -0.15) is 0 Å². The maximum Gasteiger partial charge on any atom is 0.0782 e. The van der Waals surface area contributed by atoms with Gasteiger partial charge in [0, 0.05) is 17.5 Å². The molecule has 0 aromatic heterocycles. The number of nitrogens with one attached hydrogen (secondary N) is 1. The summed E-state index contributed by atoms with van der Waals surface area (Å²) >= 11 is 0. The molecule has 3 nitrogen and oxygen atoms in total. The molecule has 1 aliphatic rings. The molecule has 1 aliphatic heterocycles. The van der Waals surface area contributed by atoms with Gasteiger partial charge in [0.1, 0.15) is 0 Å². The molecule has 1 heterocycles. The molecule has 100 valence electrons. The lowest BCUT2D eigenvalue weighted by molar-refractivity contribution is 0.0824. The van der Waals surface area contributed by atoms with Crippen molar-refractivity contribution in [3.05, 3.63) is 29.8 Å². The minimum atomic E-state index is -0.999. The molecule has 3 atom stereocenters. The molecule has 1 saturated heterocycles. The fourth-order valence-electron chi connectivity index (χ4n) is 2.33. The van der Waals surface area contributed by atoms with Crippen LogP contribution < -0.4 is 5.32 Å². The van der Waals surface area contributed by atoms with Gasteiger partial charge in [0.15, 0.2) is 0 Å². The minimum absolute atomic E-state index is 0.0560. The zero-order chi connectivity index (χ0) is 13.0. The highest BCUT2D eigenvalue weighted by molar-refractivity contribution is 7.85. The third-order valence-electron chi connectivity index (χ3n) is 3.27. The van der Waals surface area contributed by atoms with Crippen LogP contribution in [0.3, 0.4) is 0 Å². The van der Waals surface area contributed by atoms with E-state index in [2.05, 4.69) is 12.2 Å². The van der Waals surface area contributed by atoms with Gasteiger partial charge in [-0.3, -0.25) is 4.21 Å². The molecule has 0 saturated carbocycles. The number of rotatable bonds is 4. The Morgan fingerprint density at radius 1 is 1.50 bits per heavy atom. The Morgan fingerprint density at radius 2 is 2.33 bits per heavy atom. The quantitative estimate of drug-likeness (QED) is 0.905. The summed E-state index contributed by atoms with van der Waals surface area (Å²) in [4.78, 5) is 0.911. The van der Waals surface area contributed by atoms with Crippen molar-refractivity contribution in [3.8, 4) is 0 Å². The average molecular weight is 267 g/mol. The van der Waals surface area contributed by atoms with E-state index < -0.39 is 10.8 Å². The summed E-state index contributed by atoms with van der Waals surface area (Å²) in [5.41, 5.74) is 1.15. The van der Waals surface area contributed by atoms with Gasteiger partial charge in [-0.25, -0.2) is 0 Å². The van der Waals surface area contributed by atoms with Gasteiger partial charge < -0.3 is 10.1 Å². The molecular formula is C14H21NO2S. The maximum atomic E-state index is 12.6. The Morgan fingerprint density at radius 3 is 3.06 bits per heavy atom. The van der Waals surface area contributed by atoms with E-state index in [1.54, 1.807) is 0 Å². The van der Waals surface area contributed by atoms with Crippen LogP contribution in [0.1, 0.15) is 18.9 Å². The van der Waals surface area contributed by atoms with Gasteiger partial charge in [-0.15, -0.1) is 0 Å². The van der Waals surface area contributed by atoms with Crippen molar-refractivity contribution in [2.45, 2.75) is 36.5 Å². The smallest absolute Gasteiger partial charge is 0.0782 e. The molecule has 0 spiro atoms. The van der Waals surface area contributed by atoms with Crippen molar-refractivity contribution in [1.82, 2.24) is 5.32 Å². The summed E-state index contributed by atoms with van der Waals surface area (Å²) in [5, 5.41) is 3.48. The molecule has 4 heteroatoms. The van der Waals surface area contributed by atoms with Crippen LogP contribution in [0.4, 0.5) is 0 Å². The molecule has 1 aromatic rings. The summed E-state index contributed by atoms with van der Waals surface area (Å²) < 4.78 is 18.1. The molecule has 1 N–H and O–H groups in total. The first-order chi connectivity index (χ1) is 8.72. The van der Waals surface area contributed by atoms with Crippen LogP contribution in [0.15, 0.2) is 29.2 Å². The molecule has 0 amide bonds. The Balaban J connectivity index is 2.15. The molecule has 3 unspecified atom stereocenters. The average Bonchev–Trinajstić information content (AvgIpc) is 2.39. The van der Waals surface area contributed by atoms with Gasteiger partial charge in [0.2, 0.25) is 0 Å². The second kappa shape index (κ2) is 6.45. The molecule has 0 radical (unpaired) electrons. The van der Waals surface area contributed by atoms with E-state index >= 15 is 0 Å². The topological polar surface area (TPSA) is 38.3 Å². The molecule has 18 heavy (non-hydrogen) atoms. The summed E-state index contributed by atoms with van der Waals surface area (Å²) in [5.74, 6) is 0. The van der Waals surface area contributed by atoms with E-state index in [1.165, 1.54) is 0 Å². The van der Waals surface area contributed by atoms with Crippen molar-refractivity contribution < 1.29 is 8.95 Å². The number of hydrogen-bond acceptors (Lipinski definition) is 3. The molecule has 1 fully saturated rings. The van der Waals surface area contributed by atoms with Crippen molar-refractivity contribution in [3.63, 3.8) is 0 Å². The standard InChI is InChI=1S/C14H21NO2S/c1-3-15-13-7-8-17-10-14(13)18(16)12-6-4-5-11(2)9-12/h4-6,9,13-15H,3,7-8,10H2,1-2H3. The van der Waals surface area contributed by atoms with E-state index in [-0.39, 0.29) is 5.25 Å². The zero-order valence-electron chi connectivity index (χ0n) is 11.0. The number of aryl methyl sites for hydroxylation is 1. The van der Waals surface area contributed by atoms with E-state index in [4.69, 9.17) is 4.74 Å². The van der Waals surface area contributed by atoms with Crippen LogP contribution in [-0.2, 0) is 15.5 Å². The first-order valence-electron chi connectivity index (χ1n) is 6.50. The van der Waals surface area contributed by atoms with Crippen molar-refractivity contribution in [1.29, 1.82) is 0 Å². The number of ether oxygens (including phenoxy) is 1. The van der Waals surface area contributed by atoms with Crippen molar-refractivity contribution >= 4 is 10.8 Å². The van der Waals surface area contributed by atoms with Crippen LogP contribution in [-0.4, -0.2) is 35.3 Å². The third kappa shape index (κ3) is 3.19. The number of benzene rings is 1. The van der Waals surface area contributed by atoms with E-state index in [1.807, 2.05) is 31.2 Å². The Kier molecular flexibility index (Phi) is 4.92. The molecule has 2 rings (SSSR count). The third-order valence-corrected chi connectivity index (χ3v) is 5.00. The van der Waals surface area contributed by atoms with Crippen LogP contribution in [0.5, 0.6) is 0 Å². The van der Waals surface area contributed by atoms with E-state index in [0.29, 0.717) is 12.6 Å². The SMILES string of the molecule is CCNC1CCOCC1S(=O)c1cccc(C)c1. The second-order valence-corrected chi connectivity index (χ2v) is 6.35. The highest BCUT2D eigenvalue weighted by Gasteiger charge is 2.30. The first kappa shape index (κ1) is 13.7. The van der Waals surface area contributed by atoms with Crippen molar-refractivity contribution in [2.75, 3.05) is 19.8 Å². The van der Waals surface area contributed by atoms with Gasteiger partial charge in [-0.1, -0.05) is 19.1 Å². The fraction of sp³-hybridized carbons (Fsp3) is 0.571. The molecular weight excluding hydrogens is 246 g/mol. The summed E-state index contributed by atoms with van der Waals surface area (Å²) in [6.07, 6.45) is 0.941. The van der Waals surface area contributed by atoms with Crippen LogP contribution in [0.2, 0.25) is 0 Å². The lowest BCUT2D eigenvalue weighted by atomic mass is 10.1. The lowest BCUT2D eigenvalue weighted by Gasteiger charge is -2.31. The summed E-state index contributed by atoms with van der Waals surface area (Å²) in [7, 11) is -0.999. The van der Waals surface area contributed by atoms with E-state index in [9.17, 15) is 4.21 Å². The number of hydrogen-bond donors (Lipinski definition) is 1. The van der Waals surface area contributed by atoms with E-state index in [0.717, 1.165) is 30.0 Å². The van der Waals surface area contributed by atoms with Gasteiger partial charge in [0.05, 0.1) is 22.7 Å². The first-order valence-corrected chi connectivity index (χ1v) is 7.72. The highest BCUT2D eigenvalue weighted by Crippen LogP contribution is 2.20. The van der Waals surface area contributed by atoms with Gasteiger partial charge in [0.25, 0.3) is 0 Å². The fourth-order valence-corrected chi connectivity index (χ4v) is 3.95. The lowest BCUT2D eigenvalue weighted by Crippen LogP contribution is -2.48. The van der Waals surface area contributed by atoms with Crippen LogP contribution in [0.25, 0.3) is 0 Å². The summed E-state index contributed by atoms with van der Waals surface area (Å²) in [6, 6.07) is 8.24. The largest absolute Gasteiger partial charge is 0.380 e. The minimum Gasteiger partial charge on any atom is -0.380 e. The predicted molar refractivity (Wildman–Crippen MR) is 74.3 cm³/mol. The molecule has 0 aliphatic carbocycles. The Hall–Kier alpha value is -0.710. The van der Waals surface area contributed by atoms with Crippen LogP contribution >= 0.6 is 0 Å². The van der Waals surface area contributed by atoms with Crippen LogP contribution in [0, 0.1) is 6.92 Å². The maximum absolute atomic E-state index is 12.6.